The fraction of sp³-hybridized carbons (Fsp3) is 0.235. The molecule has 2 aromatic rings. The van der Waals surface area contributed by atoms with Gasteiger partial charge in [-0.15, -0.1) is 0 Å². The molecule has 0 radical (unpaired) electrons. The van der Waals surface area contributed by atoms with E-state index in [1.807, 2.05) is 36.4 Å². The van der Waals surface area contributed by atoms with Crippen molar-refractivity contribution in [1.29, 1.82) is 0 Å². The molecule has 2 heterocycles. The zero-order chi connectivity index (χ0) is 15.8. The normalized spacial score (nSPS) is 18.6. The molecule has 0 bridgehead atoms. The Kier molecular flexibility index (Phi) is 3.31. The number of rotatable bonds is 3. The van der Waals surface area contributed by atoms with Gasteiger partial charge in [0.2, 0.25) is 6.79 Å². The van der Waals surface area contributed by atoms with Gasteiger partial charge in [0.25, 0.3) is 5.91 Å². The van der Waals surface area contributed by atoms with E-state index in [-0.39, 0.29) is 25.9 Å². The summed E-state index contributed by atoms with van der Waals surface area (Å²) in [7, 11) is 0. The van der Waals surface area contributed by atoms with Crippen molar-refractivity contribution in [1.82, 2.24) is 0 Å². The predicted octanol–water partition coefficient (Wildman–Crippen LogP) is 1.91. The third-order valence-corrected chi connectivity index (χ3v) is 4.05. The van der Waals surface area contributed by atoms with Gasteiger partial charge in [0.15, 0.2) is 11.5 Å². The van der Waals surface area contributed by atoms with Crippen LogP contribution in [0.15, 0.2) is 42.5 Å². The highest BCUT2D eigenvalue weighted by Crippen LogP contribution is 2.45. The van der Waals surface area contributed by atoms with Crippen molar-refractivity contribution in [2.45, 2.75) is 6.04 Å². The molecule has 23 heavy (non-hydrogen) atoms. The summed E-state index contributed by atoms with van der Waals surface area (Å²) in [5.74, 6) is 1.16. The molecule has 118 valence electrons. The monoisotopic (exact) mass is 312 g/mol. The summed E-state index contributed by atoms with van der Waals surface area (Å²) in [4.78, 5) is 14.4. The molecule has 1 amide bonds. The Morgan fingerprint density at radius 1 is 1.17 bits per heavy atom. The number of hydrogen-bond acceptors (Lipinski definition) is 5. The Hall–Kier alpha value is -2.73. The highest BCUT2D eigenvalue weighted by molar-refractivity contribution is 6.06. The number of amides is 1. The van der Waals surface area contributed by atoms with E-state index in [9.17, 15) is 9.90 Å². The third kappa shape index (κ3) is 2.27. The van der Waals surface area contributed by atoms with Crippen LogP contribution in [0.5, 0.6) is 11.5 Å². The molecule has 2 aliphatic heterocycles. The van der Waals surface area contributed by atoms with Crippen LogP contribution in [-0.4, -0.2) is 31.0 Å². The third-order valence-electron chi connectivity index (χ3n) is 4.05. The second kappa shape index (κ2) is 5.48. The van der Waals surface area contributed by atoms with Gasteiger partial charge in [-0.2, -0.15) is 0 Å². The average molecular weight is 312 g/mol. The van der Waals surface area contributed by atoms with Gasteiger partial charge in [0.05, 0.1) is 18.0 Å². The standard InChI is InChI=1S/C17H16N2O4/c20-7-6-19-13-9-15-14(22-10-23-15)8-12(13)18-16(17(19)21)11-4-2-1-3-5-11/h1-5,8-9,16,18,20H,6-7,10H2. The molecular formula is C17H16N2O4. The van der Waals surface area contributed by atoms with Gasteiger partial charge in [0, 0.05) is 18.7 Å². The molecular weight excluding hydrogens is 296 g/mol. The maximum atomic E-state index is 12.9. The number of nitrogens with one attached hydrogen (secondary N) is 1. The number of benzene rings is 2. The zero-order valence-electron chi connectivity index (χ0n) is 12.4. The van der Waals surface area contributed by atoms with Crippen molar-refractivity contribution in [2.75, 3.05) is 30.2 Å². The summed E-state index contributed by atoms with van der Waals surface area (Å²) >= 11 is 0. The fourth-order valence-electron chi connectivity index (χ4n) is 2.96. The van der Waals surface area contributed by atoms with Crippen LogP contribution in [0.25, 0.3) is 0 Å². The van der Waals surface area contributed by atoms with Gasteiger partial charge in [0.1, 0.15) is 6.04 Å². The minimum Gasteiger partial charge on any atom is -0.454 e. The van der Waals surface area contributed by atoms with Crippen LogP contribution in [-0.2, 0) is 4.79 Å². The summed E-state index contributed by atoms with van der Waals surface area (Å²) in [5, 5.41) is 12.6. The molecule has 6 nitrogen and oxygen atoms in total. The van der Waals surface area contributed by atoms with Crippen molar-refractivity contribution >= 4 is 17.3 Å². The average Bonchev–Trinajstić information content (AvgIpc) is 3.03. The summed E-state index contributed by atoms with van der Waals surface area (Å²) in [6.07, 6.45) is 0. The molecule has 1 unspecified atom stereocenters. The highest BCUT2D eigenvalue weighted by Gasteiger charge is 2.35. The quantitative estimate of drug-likeness (QED) is 0.906. The Morgan fingerprint density at radius 2 is 1.91 bits per heavy atom. The van der Waals surface area contributed by atoms with E-state index in [0.717, 1.165) is 11.3 Å². The van der Waals surface area contributed by atoms with E-state index in [0.29, 0.717) is 17.2 Å². The van der Waals surface area contributed by atoms with Crippen molar-refractivity contribution in [2.24, 2.45) is 0 Å². The number of anilines is 2. The predicted molar refractivity (Wildman–Crippen MR) is 84.8 cm³/mol. The second-order valence-corrected chi connectivity index (χ2v) is 5.42. The van der Waals surface area contributed by atoms with Crippen molar-refractivity contribution < 1.29 is 19.4 Å². The first-order valence-corrected chi connectivity index (χ1v) is 7.45. The fourth-order valence-corrected chi connectivity index (χ4v) is 2.96. The lowest BCUT2D eigenvalue weighted by atomic mass is 10.0. The number of ether oxygens (including phenoxy) is 2. The molecule has 0 saturated heterocycles. The number of nitrogens with zero attached hydrogens (tertiary/aromatic N) is 1. The van der Waals surface area contributed by atoms with Gasteiger partial charge in [-0.25, -0.2) is 0 Å². The summed E-state index contributed by atoms with van der Waals surface area (Å²) < 4.78 is 10.8. The number of β-amino-alcohol motifs (C(OH)–C–C–N with tert-alkyl or cyclic N) is 1. The molecule has 0 spiro atoms. The molecule has 2 N–H and O–H groups in total. The SMILES string of the molecule is O=C1C(c2ccccc2)Nc2cc3c(cc2N1CCO)OCO3. The van der Waals surface area contributed by atoms with Crippen LogP contribution in [0.2, 0.25) is 0 Å². The van der Waals surface area contributed by atoms with Crippen LogP contribution in [0, 0.1) is 0 Å². The maximum Gasteiger partial charge on any atom is 0.254 e. The number of carbonyl (C=O) groups is 1. The first kappa shape index (κ1) is 13.9. The van der Waals surface area contributed by atoms with E-state index in [1.165, 1.54) is 0 Å². The summed E-state index contributed by atoms with van der Waals surface area (Å²) in [6, 6.07) is 12.6. The minimum absolute atomic E-state index is 0.100. The first-order valence-electron chi connectivity index (χ1n) is 7.45. The smallest absolute Gasteiger partial charge is 0.254 e. The first-order chi connectivity index (χ1) is 11.3. The molecule has 0 saturated carbocycles. The maximum absolute atomic E-state index is 12.9. The molecule has 2 aromatic carbocycles. The molecule has 6 heteroatoms. The van der Waals surface area contributed by atoms with Gasteiger partial charge in [-0.05, 0) is 5.56 Å². The van der Waals surface area contributed by atoms with E-state index >= 15 is 0 Å². The van der Waals surface area contributed by atoms with Crippen LogP contribution in [0.1, 0.15) is 11.6 Å². The summed E-state index contributed by atoms with van der Waals surface area (Å²) in [5.41, 5.74) is 2.36. The minimum atomic E-state index is -0.490. The summed E-state index contributed by atoms with van der Waals surface area (Å²) in [6.45, 7) is 0.298. The number of fused-ring (bicyclic) bond motifs is 2. The number of aliphatic hydroxyl groups excluding tert-OH is 1. The van der Waals surface area contributed by atoms with Crippen LogP contribution < -0.4 is 19.7 Å². The van der Waals surface area contributed by atoms with Crippen molar-refractivity contribution in [3.05, 3.63) is 48.0 Å². The Morgan fingerprint density at radius 3 is 2.65 bits per heavy atom. The number of carbonyl (C=O) groups excluding carboxylic acids is 1. The van der Waals surface area contributed by atoms with Gasteiger partial charge in [-0.3, -0.25) is 4.79 Å². The van der Waals surface area contributed by atoms with Gasteiger partial charge < -0.3 is 24.8 Å². The van der Waals surface area contributed by atoms with E-state index in [2.05, 4.69) is 5.32 Å². The largest absolute Gasteiger partial charge is 0.454 e. The van der Waals surface area contributed by atoms with Crippen molar-refractivity contribution in [3.8, 4) is 11.5 Å². The lowest BCUT2D eigenvalue weighted by Gasteiger charge is -2.35. The van der Waals surface area contributed by atoms with Crippen LogP contribution >= 0.6 is 0 Å². The molecule has 0 aromatic heterocycles. The number of hydrogen-bond donors (Lipinski definition) is 2. The van der Waals surface area contributed by atoms with Gasteiger partial charge >= 0.3 is 0 Å². The van der Waals surface area contributed by atoms with Crippen LogP contribution in [0.4, 0.5) is 11.4 Å². The Bertz CT molecular complexity index is 748. The Labute approximate surface area is 133 Å². The zero-order valence-corrected chi connectivity index (χ0v) is 12.4. The molecule has 0 aliphatic carbocycles. The molecule has 2 aliphatic rings. The second-order valence-electron chi connectivity index (χ2n) is 5.42. The molecule has 1 atom stereocenters. The lowest BCUT2D eigenvalue weighted by molar-refractivity contribution is -0.119. The number of aliphatic hydroxyl groups is 1. The van der Waals surface area contributed by atoms with Gasteiger partial charge in [-0.1, -0.05) is 30.3 Å². The topological polar surface area (TPSA) is 71.0 Å². The van der Waals surface area contributed by atoms with Crippen molar-refractivity contribution in [3.63, 3.8) is 0 Å². The highest BCUT2D eigenvalue weighted by atomic mass is 16.7. The van der Waals surface area contributed by atoms with E-state index < -0.39 is 6.04 Å². The molecule has 4 rings (SSSR count). The molecule has 0 fully saturated rings. The van der Waals surface area contributed by atoms with Crippen LogP contribution in [0.3, 0.4) is 0 Å². The van der Waals surface area contributed by atoms with E-state index in [1.54, 1.807) is 11.0 Å². The Balaban J connectivity index is 1.79. The van der Waals surface area contributed by atoms with E-state index in [4.69, 9.17) is 9.47 Å². The lowest BCUT2D eigenvalue weighted by Crippen LogP contribution is -2.43.